The first-order chi connectivity index (χ1) is 10.0. The van der Waals surface area contributed by atoms with E-state index in [2.05, 4.69) is 5.32 Å². The molecule has 6 heteroatoms. The molecule has 0 atom stereocenters. The number of nitrogens with two attached hydrogens (primary N) is 1. The van der Waals surface area contributed by atoms with E-state index in [0.717, 1.165) is 0 Å². The zero-order valence-electron chi connectivity index (χ0n) is 10.9. The number of nitrogens with one attached hydrogen (secondary N) is 1. The zero-order valence-corrected chi connectivity index (χ0v) is 11.6. The first-order valence-corrected chi connectivity index (χ1v) is 6.59. The lowest BCUT2D eigenvalue weighted by Gasteiger charge is -2.18. The topological polar surface area (TPSA) is 81.4 Å². The number of anilines is 2. The van der Waals surface area contributed by atoms with Crippen molar-refractivity contribution in [1.29, 1.82) is 0 Å². The van der Waals surface area contributed by atoms with Gasteiger partial charge in [-0.05, 0) is 36.4 Å². The molecule has 0 aliphatic carbocycles. The third-order valence-corrected chi connectivity index (χ3v) is 3.46. The van der Waals surface area contributed by atoms with Crippen molar-refractivity contribution in [1.82, 2.24) is 0 Å². The Morgan fingerprint density at radius 2 is 1.90 bits per heavy atom. The number of fused-ring (bicyclic) bond motifs is 1. The third-order valence-electron chi connectivity index (χ3n) is 3.14. The minimum atomic E-state index is -0.248. The first kappa shape index (κ1) is 13.5. The lowest BCUT2D eigenvalue weighted by molar-refractivity contribution is -0.118. The van der Waals surface area contributed by atoms with Gasteiger partial charge in [0.25, 0.3) is 5.91 Å². The average Bonchev–Trinajstić information content (AvgIpc) is 2.48. The molecule has 0 unspecified atom stereocenters. The number of carbonyl (C=O) groups is 2. The second kappa shape index (κ2) is 5.10. The fourth-order valence-electron chi connectivity index (χ4n) is 2.06. The molecular weight excluding hydrogens is 292 g/mol. The molecular formula is C15H11ClN2O3. The largest absolute Gasteiger partial charge is 0.482 e. The Morgan fingerprint density at radius 1 is 1.19 bits per heavy atom. The minimum absolute atomic E-state index is 0.0200. The summed E-state index contributed by atoms with van der Waals surface area (Å²) in [4.78, 5) is 23.7. The molecule has 2 aromatic carbocycles. The number of hydrogen-bond donors (Lipinski definition) is 2. The van der Waals surface area contributed by atoms with Crippen LogP contribution in [0.15, 0.2) is 36.4 Å². The number of ketones is 1. The van der Waals surface area contributed by atoms with E-state index >= 15 is 0 Å². The molecule has 21 heavy (non-hydrogen) atoms. The fraction of sp³-hybridized carbons (Fsp3) is 0.0667. The predicted molar refractivity (Wildman–Crippen MR) is 79.9 cm³/mol. The Morgan fingerprint density at radius 3 is 2.67 bits per heavy atom. The molecule has 2 aromatic rings. The van der Waals surface area contributed by atoms with E-state index in [4.69, 9.17) is 22.1 Å². The van der Waals surface area contributed by atoms with E-state index in [1.165, 1.54) is 6.07 Å². The monoisotopic (exact) mass is 302 g/mol. The number of hydrogen-bond acceptors (Lipinski definition) is 4. The summed E-state index contributed by atoms with van der Waals surface area (Å²) in [6.45, 7) is -0.0200. The lowest BCUT2D eigenvalue weighted by atomic mass is 10.0. The SMILES string of the molecule is Nc1ccc(C(=O)c2ccc3c(c2)NC(=O)CO3)cc1Cl. The van der Waals surface area contributed by atoms with Crippen LogP contribution in [0.2, 0.25) is 5.02 Å². The summed E-state index contributed by atoms with van der Waals surface area (Å²) in [7, 11) is 0. The molecule has 3 rings (SSSR count). The maximum atomic E-state index is 12.4. The van der Waals surface area contributed by atoms with Gasteiger partial charge in [0, 0.05) is 11.1 Å². The van der Waals surface area contributed by atoms with Crippen LogP contribution in [0, 0.1) is 0 Å². The lowest BCUT2D eigenvalue weighted by Crippen LogP contribution is -2.25. The van der Waals surface area contributed by atoms with Gasteiger partial charge in [0.2, 0.25) is 0 Å². The standard InChI is InChI=1S/C15H11ClN2O3/c16-10-5-8(1-3-11(10)17)15(20)9-2-4-13-12(6-9)18-14(19)7-21-13/h1-6H,7,17H2,(H,18,19). The molecule has 0 aromatic heterocycles. The maximum absolute atomic E-state index is 12.4. The highest BCUT2D eigenvalue weighted by atomic mass is 35.5. The average molecular weight is 303 g/mol. The van der Waals surface area contributed by atoms with Gasteiger partial charge < -0.3 is 15.8 Å². The molecule has 1 heterocycles. The van der Waals surface area contributed by atoms with Gasteiger partial charge in [-0.3, -0.25) is 9.59 Å². The van der Waals surface area contributed by atoms with Crippen LogP contribution in [0.5, 0.6) is 5.75 Å². The van der Waals surface area contributed by atoms with Gasteiger partial charge >= 0.3 is 0 Å². The Kier molecular flexibility index (Phi) is 3.27. The van der Waals surface area contributed by atoms with Gasteiger partial charge in [0.05, 0.1) is 16.4 Å². The van der Waals surface area contributed by atoms with Crippen molar-refractivity contribution in [3.05, 3.63) is 52.5 Å². The second-order valence-electron chi connectivity index (χ2n) is 4.61. The summed E-state index contributed by atoms with van der Waals surface area (Å²) < 4.78 is 5.25. The van der Waals surface area contributed by atoms with Crippen LogP contribution >= 0.6 is 11.6 Å². The molecule has 1 amide bonds. The summed E-state index contributed by atoms with van der Waals surface area (Å²) in [5.74, 6) is 0.0867. The smallest absolute Gasteiger partial charge is 0.262 e. The molecule has 1 aliphatic rings. The van der Waals surface area contributed by atoms with Crippen LogP contribution < -0.4 is 15.8 Å². The second-order valence-corrected chi connectivity index (χ2v) is 5.02. The van der Waals surface area contributed by atoms with Crippen LogP contribution in [0.4, 0.5) is 11.4 Å². The molecule has 0 bridgehead atoms. The zero-order chi connectivity index (χ0) is 15.0. The first-order valence-electron chi connectivity index (χ1n) is 6.21. The summed E-state index contributed by atoms with van der Waals surface area (Å²) in [5.41, 5.74) is 7.39. The fourth-order valence-corrected chi connectivity index (χ4v) is 2.24. The Hall–Kier alpha value is -2.53. The molecule has 0 saturated heterocycles. The van der Waals surface area contributed by atoms with Crippen molar-refractivity contribution in [2.24, 2.45) is 0 Å². The molecule has 0 saturated carbocycles. The number of rotatable bonds is 2. The number of halogens is 1. The van der Waals surface area contributed by atoms with Crippen molar-refractivity contribution in [2.75, 3.05) is 17.7 Å². The molecule has 1 aliphatic heterocycles. The molecule has 106 valence electrons. The maximum Gasteiger partial charge on any atom is 0.262 e. The normalized spacial score (nSPS) is 13.1. The van der Waals surface area contributed by atoms with Crippen LogP contribution in [-0.4, -0.2) is 18.3 Å². The number of benzene rings is 2. The summed E-state index contributed by atoms with van der Waals surface area (Å²) in [6.07, 6.45) is 0. The highest BCUT2D eigenvalue weighted by Crippen LogP contribution is 2.30. The number of amides is 1. The van der Waals surface area contributed by atoms with Gasteiger partial charge in [0.1, 0.15) is 5.75 Å². The van der Waals surface area contributed by atoms with E-state index < -0.39 is 0 Å². The van der Waals surface area contributed by atoms with Crippen LogP contribution in [0.1, 0.15) is 15.9 Å². The molecule has 0 fully saturated rings. The van der Waals surface area contributed by atoms with E-state index in [9.17, 15) is 9.59 Å². The van der Waals surface area contributed by atoms with E-state index in [0.29, 0.717) is 33.3 Å². The molecule has 3 N–H and O–H groups in total. The summed E-state index contributed by atoms with van der Waals surface area (Å²) in [6, 6.07) is 9.59. The highest BCUT2D eigenvalue weighted by Gasteiger charge is 2.18. The Bertz CT molecular complexity index is 759. The molecule has 0 radical (unpaired) electrons. The third kappa shape index (κ3) is 2.55. The number of ether oxygens (including phenoxy) is 1. The van der Waals surface area contributed by atoms with Gasteiger partial charge in [-0.1, -0.05) is 11.6 Å². The van der Waals surface area contributed by atoms with Crippen molar-refractivity contribution < 1.29 is 14.3 Å². The quantitative estimate of drug-likeness (QED) is 0.659. The van der Waals surface area contributed by atoms with Gasteiger partial charge in [-0.2, -0.15) is 0 Å². The van der Waals surface area contributed by atoms with Crippen LogP contribution in [0.3, 0.4) is 0 Å². The van der Waals surface area contributed by atoms with Crippen molar-refractivity contribution in [2.45, 2.75) is 0 Å². The van der Waals surface area contributed by atoms with Crippen LogP contribution in [0.25, 0.3) is 0 Å². The molecule has 5 nitrogen and oxygen atoms in total. The number of carbonyl (C=O) groups excluding carboxylic acids is 2. The van der Waals surface area contributed by atoms with E-state index in [1.54, 1.807) is 30.3 Å². The van der Waals surface area contributed by atoms with E-state index in [-0.39, 0.29) is 18.3 Å². The predicted octanol–water partition coefficient (Wildman–Crippen LogP) is 2.48. The van der Waals surface area contributed by atoms with Crippen molar-refractivity contribution in [3.63, 3.8) is 0 Å². The van der Waals surface area contributed by atoms with Gasteiger partial charge in [0.15, 0.2) is 12.4 Å². The van der Waals surface area contributed by atoms with E-state index in [1.807, 2.05) is 0 Å². The Labute approximate surface area is 125 Å². The van der Waals surface area contributed by atoms with Gasteiger partial charge in [-0.15, -0.1) is 0 Å². The van der Waals surface area contributed by atoms with Crippen molar-refractivity contribution in [3.8, 4) is 5.75 Å². The number of nitrogen functional groups attached to an aromatic ring is 1. The Balaban J connectivity index is 1.96. The highest BCUT2D eigenvalue weighted by molar-refractivity contribution is 6.33. The van der Waals surface area contributed by atoms with Gasteiger partial charge in [-0.25, -0.2) is 0 Å². The molecule has 0 spiro atoms. The minimum Gasteiger partial charge on any atom is -0.482 e. The summed E-state index contributed by atoms with van der Waals surface area (Å²) in [5, 5.41) is 2.99. The van der Waals surface area contributed by atoms with Crippen LogP contribution in [-0.2, 0) is 4.79 Å². The summed E-state index contributed by atoms with van der Waals surface area (Å²) >= 11 is 5.93. The van der Waals surface area contributed by atoms with Crippen molar-refractivity contribution >= 4 is 34.7 Å².